The van der Waals surface area contributed by atoms with Gasteiger partial charge in [0.15, 0.2) is 0 Å². The fraction of sp³-hybridized carbons (Fsp3) is 0.308. The molecule has 0 saturated heterocycles. The Hall–Kier alpha value is -1.77. The third-order valence-electron chi connectivity index (χ3n) is 2.75. The minimum absolute atomic E-state index is 0.228. The summed E-state index contributed by atoms with van der Waals surface area (Å²) in [6, 6.07) is 8.35. The lowest BCUT2D eigenvalue weighted by Crippen LogP contribution is -2.22. The first kappa shape index (κ1) is 10.7. The SMILES string of the molecule is NC(=O)CCCN1C=CCc2ccccc21. The quantitative estimate of drug-likeness (QED) is 0.834. The van der Waals surface area contributed by atoms with Crippen molar-refractivity contribution in [1.29, 1.82) is 0 Å². The lowest BCUT2D eigenvalue weighted by atomic mass is 10.1. The van der Waals surface area contributed by atoms with Gasteiger partial charge in [-0.2, -0.15) is 0 Å². The Bertz CT molecular complexity index is 412. The molecular formula is C13H16N2O. The number of carbonyl (C=O) groups is 1. The summed E-state index contributed by atoms with van der Waals surface area (Å²) in [6.07, 6.45) is 6.47. The van der Waals surface area contributed by atoms with E-state index in [1.165, 1.54) is 11.3 Å². The number of anilines is 1. The zero-order valence-electron chi connectivity index (χ0n) is 9.23. The number of rotatable bonds is 4. The summed E-state index contributed by atoms with van der Waals surface area (Å²) in [5, 5.41) is 0. The molecular weight excluding hydrogens is 200 g/mol. The van der Waals surface area contributed by atoms with E-state index in [1.54, 1.807) is 0 Å². The van der Waals surface area contributed by atoms with Gasteiger partial charge in [0, 0.05) is 24.9 Å². The number of fused-ring (bicyclic) bond motifs is 1. The third-order valence-corrected chi connectivity index (χ3v) is 2.75. The number of primary amides is 1. The van der Waals surface area contributed by atoms with Crippen LogP contribution in [0.25, 0.3) is 0 Å². The van der Waals surface area contributed by atoms with Crippen LogP contribution in [0.4, 0.5) is 5.69 Å². The highest BCUT2D eigenvalue weighted by Gasteiger charge is 2.11. The highest BCUT2D eigenvalue weighted by molar-refractivity contribution is 5.73. The minimum atomic E-state index is -0.228. The van der Waals surface area contributed by atoms with Crippen LogP contribution >= 0.6 is 0 Å². The van der Waals surface area contributed by atoms with Crippen molar-refractivity contribution in [2.75, 3.05) is 11.4 Å². The molecule has 0 aliphatic carbocycles. The van der Waals surface area contributed by atoms with Crippen LogP contribution in [0.2, 0.25) is 0 Å². The number of allylic oxidation sites excluding steroid dienone is 1. The number of amides is 1. The second kappa shape index (κ2) is 4.84. The fourth-order valence-electron chi connectivity index (χ4n) is 1.97. The van der Waals surface area contributed by atoms with Crippen molar-refractivity contribution in [3.05, 3.63) is 42.1 Å². The van der Waals surface area contributed by atoms with Crippen LogP contribution in [0.3, 0.4) is 0 Å². The molecule has 3 heteroatoms. The molecule has 84 valence electrons. The van der Waals surface area contributed by atoms with E-state index in [9.17, 15) is 4.79 Å². The van der Waals surface area contributed by atoms with E-state index in [2.05, 4.69) is 35.4 Å². The smallest absolute Gasteiger partial charge is 0.217 e. The van der Waals surface area contributed by atoms with Gasteiger partial charge in [-0.15, -0.1) is 0 Å². The van der Waals surface area contributed by atoms with E-state index in [0.29, 0.717) is 6.42 Å². The van der Waals surface area contributed by atoms with Gasteiger partial charge in [-0.25, -0.2) is 0 Å². The van der Waals surface area contributed by atoms with E-state index in [4.69, 9.17) is 5.73 Å². The Morgan fingerprint density at radius 3 is 3.00 bits per heavy atom. The molecule has 2 rings (SSSR count). The Labute approximate surface area is 95.6 Å². The number of para-hydroxylation sites is 1. The van der Waals surface area contributed by atoms with E-state index in [-0.39, 0.29) is 5.91 Å². The summed E-state index contributed by atoms with van der Waals surface area (Å²) in [5.41, 5.74) is 7.71. The average Bonchev–Trinajstić information content (AvgIpc) is 2.29. The largest absolute Gasteiger partial charge is 0.370 e. The molecule has 2 N–H and O–H groups in total. The van der Waals surface area contributed by atoms with Crippen LogP contribution in [-0.4, -0.2) is 12.5 Å². The number of nitrogens with two attached hydrogens (primary N) is 1. The average molecular weight is 216 g/mol. The molecule has 1 heterocycles. The molecule has 0 radical (unpaired) electrons. The molecule has 0 spiro atoms. The van der Waals surface area contributed by atoms with Crippen molar-refractivity contribution in [1.82, 2.24) is 0 Å². The van der Waals surface area contributed by atoms with Crippen molar-refractivity contribution < 1.29 is 4.79 Å². The maximum absolute atomic E-state index is 10.7. The zero-order valence-corrected chi connectivity index (χ0v) is 9.23. The van der Waals surface area contributed by atoms with Gasteiger partial charge < -0.3 is 10.6 Å². The molecule has 16 heavy (non-hydrogen) atoms. The zero-order chi connectivity index (χ0) is 11.4. The maximum Gasteiger partial charge on any atom is 0.217 e. The van der Waals surface area contributed by atoms with Crippen molar-refractivity contribution in [2.24, 2.45) is 5.73 Å². The predicted molar refractivity (Wildman–Crippen MR) is 65.1 cm³/mol. The topological polar surface area (TPSA) is 46.3 Å². The van der Waals surface area contributed by atoms with Crippen LogP contribution in [0, 0.1) is 0 Å². The number of hydrogen-bond donors (Lipinski definition) is 1. The summed E-state index contributed by atoms with van der Waals surface area (Å²) in [4.78, 5) is 12.9. The third kappa shape index (κ3) is 2.42. The number of hydrogen-bond acceptors (Lipinski definition) is 2. The summed E-state index contributed by atoms with van der Waals surface area (Å²) in [5.74, 6) is -0.228. The highest BCUT2D eigenvalue weighted by atomic mass is 16.1. The Balaban J connectivity index is 2.02. The van der Waals surface area contributed by atoms with E-state index < -0.39 is 0 Å². The second-order valence-electron chi connectivity index (χ2n) is 3.98. The molecule has 0 aromatic heterocycles. The molecule has 1 amide bonds. The normalized spacial score (nSPS) is 13.6. The molecule has 3 nitrogen and oxygen atoms in total. The monoisotopic (exact) mass is 216 g/mol. The Morgan fingerprint density at radius 1 is 1.38 bits per heavy atom. The van der Waals surface area contributed by atoms with Gasteiger partial charge in [-0.1, -0.05) is 24.3 Å². The van der Waals surface area contributed by atoms with Gasteiger partial charge >= 0.3 is 0 Å². The summed E-state index contributed by atoms with van der Waals surface area (Å²) < 4.78 is 0. The predicted octanol–water partition coefficient (Wildman–Crippen LogP) is 1.83. The van der Waals surface area contributed by atoms with E-state index in [0.717, 1.165) is 19.4 Å². The first-order valence-corrected chi connectivity index (χ1v) is 5.57. The van der Waals surface area contributed by atoms with Crippen molar-refractivity contribution >= 4 is 11.6 Å². The lowest BCUT2D eigenvalue weighted by Gasteiger charge is -2.26. The van der Waals surface area contributed by atoms with Gasteiger partial charge in [0.05, 0.1) is 0 Å². The molecule has 1 aromatic carbocycles. The maximum atomic E-state index is 10.7. The first-order chi connectivity index (χ1) is 7.77. The molecule has 0 unspecified atom stereocenters. The van der Waals surface area contributed by atoms with Crippen molar-refractivity contribution in [3.8, 4) is 0 Å². The molecule has 0 bridgehead atoms. The standard InChI is InChI=1S/C13H16N2O/c14-13(16)8-4-10-15-9-3-6-11-5-1-2-7-12(11)15/h1-3,5,7,9H,4,6,8,10H2,(H2,14,16). The number of benzene rings is 1. The summed E-state index contributed by atoms with van der Waals surface area (Å²) in [6.45, 7) is 0.844. The van der Waals surface area contributed by atoms with Crippen LogP contribution in [0.1, 0.15) is 18.4 Å². The van der Waals surface area contributed by atoms with Crippen LogP contribution in [-0.2, 0) is 11.2 Å². The molecule has 1 aliphatic rings. The summed E-state index contributed by atoms with van der Waals surface area (Å²) >= 11 is 0. The van der Waals surface area contributed by atoms with Gasteiger partial charge in [-0.3, -0.25) is 4.79 Å². The van der Waals surface area contributed by atoms with Gasteiger partial charge in [0.2, 0.25) is 5.91 Å². The van der Waals surface area contributed by atoms with Crippen molar-refractivity contribution in [3.63, 3.8) is 0 Å². The molecule has 1 aliphatic heterocycles. The molecule has 0 atom stereocenters. The van der Waals surface area contributed by atoms with Crippen LogP contribution in [0.15, 0.2) is 36.5 Å². The fourth-order valence-corrected chi connectivity index (χ4v) is 1.97. The van der Waals surface area contributed by atoms with Gasteiger partial charge in [0.25, 0.3) is 0 Å². The second-order valence-corrected chi connectivity index (χ2v) is 3.98. The first-order valence-electron chi connectivity index (χ1n) is 5.57. The van der Waals surface area contributed by atoms with Crippen molar-refractivity contribution in [2.45, 2.75) is 19.3 Å². The van der Waals surface area contributed by atoms with Gasteiger partial charge in [-0.05, 0) is 24.5 Å². The number of nitrogens with zero attached hydrogens (tertiary/aromatic N) is 1. The Morgan fingerprint density at radius 2 is 2.19 bits per heavy atom. The van der Waals surface area contributed by atoms with E-state index >= 15 is 0 Å². The molecule has 1 aromatic rings. The molecule has 0 saturated carbocycles. The summed E-state index contributed by atoms with van der Waals surface area (Å²) in [7, 11) is 0. The highest BCUT2D eigenvalue weighted by Crippen LogP contribution is 2.25. The number of carbonyl (C=O) groups excluding carboxylic acids is 1. The molecule has 0 fully saturated rings. The van der Waals surface area contributed by atoms with Crippen LogP contribution < -0.4 is 10.6 Å². The van der Waals surface area contributed by atoms with Gasteiger partial charge in [0.1, 0.15) is 0 Å². The minimum Gasteiger partial charge on any atom is -0.370 e. The van der Waals surface area contributed by atoms with Crippen LogP contribution in [0.5, 0.6) is 0 Å². The van der Waals surface area contributed by atoms with E-state index in [1.807, 2.05) is 6.07 Å². The lowest BCUT2D eigenvalue weighted by molar-refractivity contribution is -0.118. The Kier molecular flexibility index (Phi) is 3.25.